The minimum absolute atomic E-state index is 0.0673. The molecule has 0 spiro atoms. The lowest BCUT2D eigenvalue weighted by Crippen LogP contribution is -2.47. The third-order valence-corrected chi connectivity index (χ3v) is 10.3. The van der Waals surface area contributed by atoms with E-state index in [0.29, 0.717) is 34.5 Å². The molecule has 0 radical (unpaired) electrons. The van der Waals surface area contributed by atoms with Crippen LogP contribution in [-0.2, 0) is 25.7 Å². The Kier molecular flexibility index (Phi) is 7.12. The smallest absolute Gasteiger partial charge is 0.233 e. The summed E-state index contributed by atoms with van der Waals surface area (Å²) in [5, 5.41) is 10.7. The van der Waals surface area contributed by atoms with Crippen molar-refractivity contribution < 1.29 is 29.0 Å². The average Bonchev–Trinajstić information content (AvgIpc) is 3.29. The van der Waals surface area contributed by atoms with Gasteiger partial charge in [-0.05, 0) is 67.9 Å². The largest absolute Gasteiger partial charge is 0.504 e. The number of hydrogen-bond donors (Lipinski definition) is 1. The fourth-order valence-electron chi connectivity index (χ4n) is 8.19. The number of ketones is 2. The Hall–Kier alpha value is -4.30. The van der Waals surface area contributed by atoms with Gasteiger partial charge in [-0.25, -0.2) is 0 Å². The highest BCUT2D eigenvalue weighted by Crippen LogP contribution is 2.56. The first-order chi connectivity index (χ1) is 21.3. The SMILES string of the molecule is COc1ccc([C@H]2C3=CC[C@@H]4C(=O)N(C5CCN(Cc6ccccc6)CC5)C(=O)[C@@H]4[C@@H]3CC3=C2C(=O)C(C)=CC3=O)cc1O. The van der Waals surface area contributed by atoms with Gasteiger partial charge in [0.05, 0.1) is 18.9 Å². The number of hydrogen-bond acceptors (Lipinski definition) is 7. The normalized spacial score (nSPS) is 27.5. The number of allylic oxidation sites excluding steroid dienone is 6. The van der Waals surface area contributed by atoms with E-state index in [2.05, 4.69) is 17.0 Å². The summed E-state index contributed by atoms with van der Waals surface area (Å²) in [4.78, 5) is 59.0. The van der Waals surface area contributed by atoms with Crippen molar-refractivity contribution in [2.75, 3.05) is 20.2 Å². The first kappa shape index (κ1) is 28.5. The van der Waals surface area contributed by atoms with Gasteiger partial charge in [-0.1, -0.05) is 48.0 Å². The van der Waals surface area contributed by atoms with E-state index >= 15 is 0 Å². The lowest BCUT2D eigenvalue weighted by atomic mass is 9.59. The minimum Gasteiger partial charge on any atom is -0.504 e. The van der Waals surface area contributed by atoms with Crippen LogP contribution in [0.2, 0.25) is 0 Å². The first-order valence-corrected chi connectivity index (χ1v) is 15.5. The number of phenolic OH excluding ortho intramolecular Hbond substituents is 1. The number of ether oxygens (including phenoxy) is 1. The Morgan fingerprint density at radius 2 is 1.70 bits per heavy atom. The van der Waals surface area contributed by atoms with Crippen LogP contribution in [0, 0.1) is 17.8 Å². The summed E-state index contributed by atoms with van der Waals surface area (Å²) in [6, 6.07) is 15.2. The van der Waals surface area contributed by atoms with Crippen molar-refractivity contribution in [3.63, 3.8) is 0 Å². The second kappa shape index (κ2) is 11.0. The molecule has 0 aromatic heterocycles. The number of amides is 2. The van der Waals surface area contributed by atoms with Crippen LogP contribution < -0.4 is 4.74 Å². The molecule has 2 aromatic rings. The lowest BCUT2D eigenvalue weighted by molar-refractivity contribution is -0.144. The van der Waals surface area contributed by atoms with Crippen LogP contribution in [0.25, 0.3) is 0 Å². The molecule has 2 saturated heterocycles. The summed E-state index contributed by atoms with van der Waals surface area (Å²) in [6.07, 6.45) is 5.52. The van der Waals surface area contributed by atoms with Crippen molar-refractivity contribution in [2.24, 2.45) is 17.8 Å². The molecule has 7 rings (SSSR count). The maximum absolute atomic E-state index is 14.2. The number of carbonyl (C=O) groups excluding carboxylic acids is 4. The first-order valence-electron chi connectivity index (χ1n) is 15.5. The molecule has 226 valence electrons. The van der Waals surface area contributed by atoms with Crippen molar-refractivity contribution in [3.8, 4) is 11.5 Å². The fraction of sp³-hybridized carbons (Fsp3) is 0.389. The molecule has 0 unspecified atom stereocenters. The maximum atomic E-state index is 14.2. The molecule has 3 aliphatic carbocycles. The van der Waals surface area contributed by atoms with Crippen molar-refractivity contribution in [1.82, 2.24) is 9.80 Å². The van der Waals surface area contributed by atoms with Gasteiger partial charge in [0.2, 0.25) is 11.8 Å². The highest BCUT2D eigenvalue weighted by Gasteiger charge is 2.57. The van der Waals surface area contributed by atoms with Crippen LogP contribution in [0.5, 0.6) is 11.5 Å². The van der Waals surface area contributed by atoms with Gasteiger partial charge in [0.15, 0.2) is 23.1 Å². The summed E-state index contributed by atoms with van der Waals surface area (Å²) in [7, 11) is 1.47. The second-order valence-corrected chi connectivity index (χ2v) is 12.7. The number of Topliss-reactive ketones (excluding diaryl/α,β-unsaturated/α-hetero) is 1. The van der Waals surface area contributed by atoms with E-state index in [1.54, 1.807) is 30.0 Å². The number of piperidine rings is 1. The van der Waals surface area contributed by atoms with E-state index in [0.717, 1.165) is 38.0 Å². The predicted octanol–water partition coefficient (Wildman–Crippen LogP) is 4.49. The quantitative estimate of drug-likeness (QED) is 0.310. The van der Waals surface area contributed by atoms with Gasteiger partial charge in [-0.3, -0.25) is 29.0 Å². The number of fused-ring (bicyclic) bond motifs is 3. The third-order valence-electron chi connectivity index (χ3n) is 10.3. The molecule has 5 aliphatic rings. The van der Waals surface area contributed by atoms with Crippen LogP contribution >= 0.6 is 0 Å². The maximum Gasteiger partial charge on any atom is 0.233 e. The van der Waals surface area contributed by atoms with Gasteiger partial charge in [0.1, 0.15) is 0 Å². The molecular weight excluding hydrogens is 556 g/mol. The second-order valence-electron chi connectivity index (χ2n) is 12.7. The number of rotatable bonds is 5. The molecule has 4 atom stereocenters. The molecular formula is C36H36N2O6. The van der Waals surface area contributed by atoms with E-state index < -0.39 is 17.8 Å². The fourth-order valence-corrected chi connectivity index (χ4v) is 8.19. The number of benzene rings is 2. The van der Waals surface area contributed by atoms with E-state index in [1.165, 1.54) is 18.7 Å². The molecule has 0 saturated carbocycles. The third kappa shape index (κ3) is 4.54. The molecule has 2 amide bonds. The molecule has 1 N–H and O–H groups in total. The summed E-state index contributed by atoms with van der Waals surface area (Å²) in [5.74, 6) is -2.49. The average molecular weight is 593 g/mol. The van der Waals surface area contributed by atoms with E-state index in [4.69, 9.17) is 4.74 Å². The van der Waals surface area contributed by atoms with E-state index in [1.807, 2.05) is 24.3 Å². The number of nitrogens with zero attached hydrogens (tertiary/aromatic N) is 2. The zero-order valence-corrected chi connectivity index (χ0v) is 25.0. The molecule has 2 aromatic carbocycles. The molecule has 2 aliphatic heterocycles. The molecule has 0 bridgehead atoms. The van der Waals surface area contributed by atoms with Gasteiger partial charge in [-0.2, -0.15) is 0 Å². The van der Waals surface area contributed by atoms with Crippen molar-refractivity contribution in [3.05, 3.63) is 94.1 Å². The van der Waals surface area contributed by atoms with Crippen LogP contribution in [0.4, 0.5) is 0 Å². The summed E-state index contributed by atoms with van der Waals surface area (Å²) >= 11 is 0. The van der Waals surface area contributed by atoms with Gasteiger partial charge in [0.25, 0.3) is 0 Å². The monoisotopic (exact) mass is 592 g/mol. The van der Waals surface area contributed by atoms with Crippen molar-refractivity contribution in [2.45, 2.75) is 51.1 Å². The van der Waals surface area contributed by atoms with Crippen LogP contribution in [0.15, 0.2) is 83.0 Å². The molecule has 8 heteroatoms. The molecule has 8 nitrogen and oxygen atoms in total. The van der Waals surface area contributed by atoms with Gasteiger partial charge in [-0.15, -0.1) is 0 Å². The van der Waals surface area contributed by atoms with Crippen LogP contribution in [0.3, 0.4) is 0 Å². The highest BCUT2D eigenvalue weighted by molar-refractivity contribution is 6.23. The summed E-state index contributed by atoms with van der Waals surface area (Å²) < 4.78 is 5.25. The van der Waals surface area contributed by atoms with Gasteiger partial charge < -0.3 is 9.84 Å². The highest BCUT2D eigenvalue weighted by atomic mass is 16.5. The van der Waals surface area contributed by atoms with Crippen LogP contribution in [-0.4, -0.2) is 64.5 Å². The Labute approximate surface area is 256 Å². The van der Waals surface area contributed by atoms with E-state index in [9.17, 15) is 24.3 Å². The topological polar surface area (TPSA) is 104 Å². The Balaban J connectivity index is 1.19. The standard InChI is InChI=1S/C36H36N2O6/c1-20-16-28(39)27-18-26-24(31(33(27)34(20)41)22-8-11-30(44-2)29(40)17-22)9-10-25-32(26)36(43)38(35(25)42)23-12-14-37(15-13-23)19-21-6-4-3-5-7-21/h3-9,11,16-17,23,25-26,31-32,40H,10,12-15,18-19H2,1-2H3/t25-,26+,31-,32-/m0/s1. The number of carbonyl (C=O) groups is 4. The summed E-state index contributed by atoms with van der Waals surface area (Å²) in [5.41, 5.74) is 3.99. The van der Waals surface area contributed by atoms with Crippen molar-refractivity contribution in [1.29, 1.82) is 0 Å². The zero-order chi connectivity index (χ0) is 30.7. The lowest BCUT2D eigenvalue weighted by Gasteiger charge is -2.42. The van der Waals surface area contributed by atoms with Crippen molar-refractivity contribution >= 4 is 23.4 Å². The number of methoxy groups -OCH3 is 1. The van der Waals surface area contributed by atoms with Gasteiger partial charge >= 0.3 is 0 Å². The molecule has 2 fully saturated rings. The summed E-state index contributed by atoms with van der Waals surface area (Å²) in [6.45, 7) is 4.10. The van der Waals surface area contributed by atoms with E-state index in [-0.39, 0.29) is 47.5 Å². The zero-order valence-electron chi connectivity index (χ0n) is 25.0. The predicted molar refractivity (Wildman–Crippen MR) is 163 cm³/mol. The Morgan fingerprint density at radius 1 is 0.955 bits per heavy atom. The Morgan fingerprint density at radius 3 is 2.41 bits per heavy atom. The van der Waals surface area contributed by atoms with Gasteiger partial charge in [0, 0.05) is 48.3 Å². The number of likely N-dealkylation sites (tertiary alicyclic amines) is 2. The van der Waals surface area contributed by atoms with Crippen LogP contribution in [0.1, 0.15) is 49.7 Å². The Bertz CT molecular complexity index is 1660. The number of aromatic hydroxyl groups is 1. The minimum atomic E-state index is -0.597. The number of phenols is 1. The number of imide groups is 1. The molecule has 2 heterocycles. The molecule has 44 heavy (non-hydrogen) atoms.